The first-order valence-electron chi connectivity index (χ1n) is 6.65. The minimum Gasteiger partial charge on any atom is -0.491 e. The van der Waals surface area contributed by atoms with Gasteiger partial charge in [-0.25, -0.2) is 0 Å². The fraction of sp³-hybridized carbons (Fsp3) is 0.294. The van der Waals surface area contributed by atoms with Gasteiger partial charge in [0.25, 0.3) is 0 Å². The Balaban J connectivity index is 2.23. The van der Waals surface area contributed by atoms with Crippen molar-refractivity contribution in [2.75, 3.05) is 0 Å². The highest BCUT2D eigenvalue weighted by Crippen LogP contribution is 2.24. The molecule has 0 radical (unpaired) electrons. The Labute approximate surface area is 115 Å². The van der Waals surface area contributed by atoms with Gasteiger partial charge in [0, 0.05) is 0 Å². The molecule has 19 heavy (non-hydrogen) atoms. The number of benzene rings is 2. The van der Waals surface area contributed by atoms with Crippen LogP contribution in [0.25, 0.3) is 0 Å². The van der Waals surface area contributed by atoms with Crippen molar-refractivity contribution in [2.45, 2.75) is 32.9 Å². The number of hydrogen-bond donors (Lipinski definition) is 1. The van der Waals surface area contributed by atoms with Gasteiger partial charge < -0.3 is 10.5 Å². The maximum Gasteiger partial charge on any atom is 0.120 e. The van der Waals surface area contributed by atoms with Gasteiger partial charge in [-0.05, 0) is 44.0 Å². The lowest BCUT2D eigenvalue weighted by Gasteiger charge is -2.15. The first-order chi connectivity index (χ1) is 9.06. The first-order valence-corrected chi connectivity index (χ1v) is 6.65. The van der Waals surface area contributed by atoms with Gasteiger partial charge in [-0.2, -0.15) is 0 Å². The third-order valence-electron chi connectivity index (χ3n) is 3.03. The van der Waals surface area contributed by atoms with E-state index < -0.39 is 0 Å². The Morgan fingerprint density at radius 3 is 2.26 bits per heavy atom. The van der Waals surface area contributed by atoms with Gasteiger partial charge >= 0.3 is 0 Å². The zero-order valence-electron chi connectivity index (χ0n) is 11.8. The molecule has 2 heteroatoms. The zero-order valence-corrected chi connectivity index (χ0v) is 11.8. The Morgan fingerprint density at radius 2 is 1.63 bits per heavy atom. The summed E-state index contributed by atoms with van der Waals surface area (Å²) in [5.41, 5.74) is 9.74. The second-order valence-electron chi connectivity index (χ2n) is 5.13. The summed E-state index contributed by atoms with van der Waals surface area (Å²) in [6.45, 7) is 6.12. The molecule has 0 heterocycles. The molecule has 0 saturated heterocycles. The third kappa shape index (κ3) is 3.58. The first kappa shape index (κ1) is 13.6. The summed E-state index contributed by atoms with van der Waals surface area (Å²) in [6.07, 6.45) is 0.172. The second kappa shape index (κ2) is 5.89. The van der Waals surface area contributed by atoms with Crippen molar-refractivity contribution >= 4 is 0 Å². The van der Waals surface area contributed by atoms with Crippen molar-refractivity contribution in [2.24, 2.45) is 5.73 Å². The van der Waals surface area contributed by atoms with E-state index in [2.05, 4.69) is 31.2 Å². The average molecular weight is 255 g/mol. The van der Waals surface area contributed by atoms with Crippen molar-refractivity contribution in [3.8, 4) is 5.75 Å². The monoisotopic (exact) mass is 255 g/mol. The lowest BCUT2D eigenvalue weighted by atomic mass is 9.98. The lowest BCUT2D eigenvalue weighted by Crippen LogP contribution is -2.12. The molecule has 2 nitrogen and oxygen atoms in total. The molecule has 1 atom stereocenters. The zero-order chi connectivity index (χ0) is 13.8. The van der Waals surface area contributed by atoms with Crippen LogP contribution in [0.5, 0.6) is 5.75 Å². The molecular weight excluding hydrogens is 234 g/mol. The fourth-order valence-corrected chi connectivity index (χ4v) is 2.02. The number of ether oxygens (including phenoxy) is 1. The van der Waals surface area contributed by atoms with Gasteiger partial charge in [0.1, 0.15) is 5.75 Å². The quantitative estimate of drug-likeness (QED) is 0.901. The molecule has 0 amide bonds. The maximum absolute atomic E-state index is 6.31. The molecule has 0 aliphatic carbocycles. The molecule has 0 fully saturated rings. The molecule has 1 unspecified atom stereocenters. The lowest BCUT2D eigenvalue weighted by molar-refractivity contribution is 0.242. The van der Waals surface area contributed by atoms with Crippen LogP contribution in [0.15, 0.2) is 48.5 Å². The Morgan fingerprint density at radius 1 is 0.947 bits per heavy atom. The van der Waals surface area contributed by atoms with Gasteiger partial charge in [0.05, 0.1) is 12.1 Å². The van der Waals surface area contributed by atoms with Gasteiger partial charge in [0.2, 0.25) is 0 Å². The Bertz CT molecular complexity index is 531. The molecular formula is C17H21NO. The summed E-state index contributed by atoms with van der Waals surface area (Å²) < 4.78 is 5.70. The molecule has 0 aliphatic rings. The predicted molar refractivity (Wildman–Crippen MR) is 79.4 cm³/mol. The smallest absolute Gasteiger partial charge is 0.120 e. The van der Waals surface area contributed by atoms with E-state index >= 15 is 0 Å². The summed E-state index contributed by atoms with van der Waals surface area (Å²) in [5, 5.41) is 0. The van der Waals surface area contributed by atoms with Crippen molar-refractivity contribution < 1.29 is 4.74 Å². The van der Waals surface area contributed by atoms with Gasteiger partial charge in [-0.3, -0.25) is 0 Å². The summed E-state index contributed by atoms with van der Waals surface area (Å²) in [5.74, 6) is 0.870. The largest absolute Gasteiger partial charge is 0.491 e. The molecule has 2 aromatic carbocycles. The van der Waals surface area contributed by atoms with E-state index in [-0.39, 0.29) is 12.1 Å². The topological polar surface area (TPSA) is 35.2 Å². The van der Waals surface area contributed by atoms with E-state index in [1.807, 2.05) is 38.1 Å². The SMILES string of the molecule is Cc1ccc(C(N)c2cccc(OC(C)C)c2)cc1. The van der Waals surface area contributed by atoms with E-state index in [9.17, 15) is 0 Å². The van der Waals surface area contributed by atoms with E-state index in [1.54, 1.807) is 0 Å². The van der Waals surface area contributed by atoms with Gasteiger partial charge in [0.15, 0.2) is 0 Å². The molecule has 2 rings (SSSR count). The fourth-order valence-electron chi connectivity index (χ4n) is 2.02. The highest BCUT2D eigenvalue weighted by molar-refractivity contribution is 5.37. The molecule has 100 valence electrons. The Kier molecular flexibility index (Phi) is 4.23. The Hall–Kier alpha value is -1.80. The molecule has 2 aromatic rings. The molecule has 0 spiro atoms. The van der Waals surface area contributed by atoms with Crippen LogP contribution in [-0.2, 0) is 0 Å². The van der Waals surface area contributed by atoms with Crippen molar-refractivity contribution in [1.29, 1.82) is 0 Å². The van der Waals surface area contributed by atoms with E-state index in [4.69, 9.17) is 10.5 Å². The highest BCUT2D eigenvalue weighted by atomic mass is 16.5. The predicted octanol–water partition coefficient (Wildman–Crippen LogP) is 3.83. The normalized spacial score (nSPS) is 12.5. The van der Waals surface area contributed by atoms with E-state index in [1.165, 1.54) is 5.56 Å². The number of nitrogens with two attached hydrogens (primary N) is 1. The number of aryl methyl sites for hydroxylation is 1. The highest BCUT2D eigenvalue weighted by Gasteiger charge is 2.09. The summed E-state index contributed by atoms with van der Waals surface area (Å²) in [6, 6.07) is 16.2. The van der Waals surface area contributed by atoms with Crippen LogP contribution in [0.2, 0.25) is 0 Å². The van der Waals surface area contributed by atoms with Crippen molar-refractivity contribution in [3.63, 3.8) is 0 Å². The van der Waals surface area contributed by atoms with E-state index in [0.29, 0.717) is 0 Å². The molecule has 0 saturated carbocycles. The minimum atomic E-state index is -0.115. The van der Waals surface area contributed by atoms with Crippen LogP contribution in [0.3, 0.4) is 0 Å². The van der Waals surface area contributed by atoms with Crippen LogP contribution in [0.1, 0.15) is 36.6 Å². The third-order valence-corrected chi connectivity index (χ3v) is 3.03. The molecule has 0 bridgehead atoms. The molecule has 0 aromatic heterocycles. The molecule has 0 aliphatic heterocycles. The number of rotatable bonds is 4. The number of hydrogen-bond acceptors (Lipinski definition) is 2. The van der Waals surface area contributed by atoms with Crippen molar-refractivity contribution in [1.82, 2.24) is 0 Å². The second-order valence-corrected chi connectivity index (χ2v) is 5.13. The van der Waals surface area contributed by atoms with Gasteiger partial charge in [-0.15, -0.1) is 0 Å². The summed E-state index contributed by atoms with van der Waals surface area (Å²) in [4.78, 5) is 0. The van der Waals surface area contributed by atoms with Crippen LogP contribution < -0.4 is 10.5 Å². The molecule has 2 N–H and O–H groups in total. The van der Waals surface area contributed by atoms with Crippen LogP contribution in [0, 0.1) is 6.92 Å². The van der Waals surface area contributed by atoms with Gasteiger partial charge in [-0.1, -0.05) is 42.0 Å². The maximum atomic E-state index is 6.31. The van der Waals surface area contributed by atoms with Crippen LogP contribution in [-0.4, -0.2) is 6.10 Å². The average Bonchev–Trinajstić information content (AvgIpc) is 2.38. The van der Waals surface area contributed by atoms with Crippen LogP contribution in [0.4, 0.5) is 0 Å². The van der Waals surface area contributed by atoms with E-state index in [0.717, 1.165) is 16.9 Å². The standard InChI is InChI=1S/C17H21NO/c1-12(2)19-16-6-4-5-15(11-16)17(18)14-9-7-13(3)8-10-14/h4-12,17H,18H2,1-3H3. The van der Waals surface area contributed by atoms with Crippen molar-refractivity contribution in [3.05, 3.63) is 65.2 Å². The van der Waals surface area contributed by atoms with Crippen LogP contribution >= 0.6 is 0 Å². The summed E-state index contributed by atoms with van der Waals surface area (Å²) >= 11 is 0. The summed E-state index contributed by atoms with van der Waals surface area (Å²) in [7, 11) is 0. The minimum absolute atomic E-state index is 0.115.